The van der Waals surface area contributed by atoms with Crippen molar-refractivity contribution in [1.29, 1.82) is 0 Å². The van der Waals surface area contributed by atoms with Crippen LogP contribution in [-0.2, 0) is 16.1 Å². The predicted octanol–water partition coefficient (Wildman–Crippen LogP) is 2.49. The maximum atomic E-state index is 11.3. The van der Waals surface area contributed by atoms with Crippen LogP contribution in [0.3, 0.4) is 0 Å². The second-order valence-corrected chi connectivity index (χ2v) is 6.15. The minimum Gasteiger partial charge on any atom is -0.481 e. The van der Waals surface area contributed by atoms with E-state index in [0.29, 0.717) is 25.7 Å². The molecule has 116 valence electrons. The Bertz CT molecular complexity index is 447. The molecule has 1 aromatic carbocycles. The predicted molar refractivity (Wildman–Crippen MR) is 82.0 cm³/mol. The number of carbonyl (C=O) groups is 1. The van der Waals surface area contributed by atoms with Crippen LogP contribution >= 0.6 is 0 Å². The molecular formula is C17H25NO3. The van der Waals surface area contributed by atoms with E-state index in [1.54, 1.807) is 0 Å². The minimum absolute atomic E-state index is 0.237. The van der Waals surface area contributed by atoms with Crippen LogP contribution in [0.15, 0.2) is 30.3 Å². The number of likely N-dealkylation sites (tertiary alicyclic amines) is 1. The molecule has 4 heteroatoms. The molecule has 0 bridgehead atoms. The number of ether oxygens (including phenoxy) is 1. The van der Waals surface area contributed by atoms with Crippen molar-refractivity contribution in [1.82, 2.24) is 4.90 Å². The van der Waals surface area contributed by atoms with Crippen molar-refractivity contribution in [2.45, 2.75) is 20.5 Å². The lowest BCUT2D eigenvalue weighted by molar-refractivity contribution is -0.143. The van der Waals surface area contributed by atoms with Crippen molar-refractivity contribution < 1.29 is 14.6 Å². The molecule has 1 heterocycles. The zero-order chi connectivity index (χ0) is 15.2. The third-order valence-electron chi connectivity index (χ3n) is 4.28. The normalized spacial score (nSPS) is 22.8. The van der Waals surface area contributed by atoms with Gasteiger partial charge in [-0.05, 0) is 17.4 Å². The van der Waals surface area contributed by atoms with Gasteiger partial charge in [-0.1, -0.05) is 44.2 Å². The Morgan fingerprint density at radius 1 is 1.33 bits per heavy atom. The number of carboxylic acid groups (broad SMARTS) is 1. The molecular weight excluding hydrogens is 266 g/mol. The summed E-state index contributed by atoms with van der Waals surface area (Å²) in [5.41, 5.74) is 1.17. The number of rotatable bonds is 7. The van der Waals surface area contributed by atoms with Crippen molar-refractivity contribution in [2.24, 2.45) is 17.8 Å². The van der Waals surface area contributed by atoms with Crippen LogP contribution < -0.4 is 0 Å². The van der Waals surface area contributed by atoms with Gasteiger partial charge in [-0.15, -0.1) is 0 Å². The van der Waals surface area contributed by atoms with Crippen molar-refractivity contribution in [3.05, 3.63) is 35.9 Å². The molecule has 0 aliphatic carbocycles. The maximum Gasteiger partial charge on any atom is 0.308 e. The first-order chi connectivity index (χ1) is 10.1. The van der Waals surface area contributed by atoms with Crippen LogP contribution in [-0.4, -0.2) is 42.2 Å². The highest BCUT2D eigenvalue weighted by atomic mass is 16.5. The molecule has 2 rings (SSSR count). The van der Waals surface area contributed by atoms with Crippen molar-refractivity contribution in [3.8, 4) is 0 Å². The fraction of sp³-hybridized carbons (Fsp3) is 0.588. The standard InChI is InChI=1S/C17H25NO3/c1-13(2)15-10-18(11-16(15)17(19)20)8-9-21-12-14-6-4-3-5-7-14/h3-7,13,15-16H,8-12H2,1-2H3,(H,19,20)/t15-,16+/m0/s1. The smallest absolute Gasteiger partial charge is 0.308 e. The van der Waals surface area contributed by atoms with Crippen molar-refractivity contribution in [2.75, 3.05) is 26.2 Å². The number of carboxylic acids is 1. The van der Waals surface area contributed by atoms with Gasteiger partial charge in [0.15, 0.2) is 0 Å². The molecule has 0 saturated carbocycles. The average Bonchev–Trinajstić information content (AvgIpc) is 2.89. The van der Waals surface area contributed by atoms with E-state index in [1.807, 2.05) is 30.3 Å². The summed E-state index contributed by atoms with van der Waals surface area (Å²) >= 11 is 0. The van der Waals surface area contributed by atoms with Gasteiger partial charge in [0.2, 0.25) is 0 Å². The summed E-state index contributed by atoms with van der Waals surface area (Å²) in [5.74, 6) is -0.251. The van der Waals surface area contributed by atoms with Gasteiger partial charge in [0, 0.05) is 19.6 Å². The first kappa shape index (κ1) is 16.0. The monoisotopic (exact) mass is 291 g/mol. The molecule has 0 radical (unpaired) electrons. The van der Waals surface area contributed by atoms with E-state index in [0.717, 1.165) is 13.1 Å². The third-order valence-corrected chi connectivity index (χ3v) is 4.28. The summed E-state index contributed by atoms with van der Waals surface area (Å²) in [6.45, 7) is 7.79. The van der Waals surface area contributed by atoms with Gasteiger partial charge in [-0.3, -0.25) is 9.69 Å². The molecule has 0 spiro atoms. The highest BCUT2D eigenvalue weighted by Gasteiger charge is 2.38. The van der Waals surface area contributed by atoms with Crippen molar-refractivity contribution >= 4 is 5.97 Å². The molecule has 1 aliphatic heterocycles. The molecule has 1 N–H and O–H groups in total. The molecule has 1 aromatic rings. The summed E-state index contributed by atoms with van der Waals surface area (Å²) in [6, 6.07) is 10.1. The highest BCUT2D eigenvalue weighted by Crippen LogP contribution is 2.29. The van der Waals surface area contributed by atoms with Crippen LogP contribution in [0.5, 0.6) is 0 Å². The number of nitrogens with zero attached hydrogens (tertiary/aromatic N) is 1. The fourth-order valence-corrected chi connectivity index (χ4v) is 2.99. The number of aliphatic carboxylic acids is 1. The zero-order valence-electron chi connectivity index (χ0n) is 12.9. The first-order valence-corrected chi connectivity index (χ1v) is 7.64. The lowest BCUT2D eigenvalue weighted by atomic mass is 9.86. The molecule has 1 aliphatic rings. The zero-order valence-corrected chi connectivity index (χ0v) is 12.9. The molecule has 1 fully saturated rings. The summed E-state index contributed by atoms with van der Waals surface area (Å²) in [6.07, 6.45) is 0. The van der Waals surface area contributed by atoms with Crippen molar-refractivity contribution in [3.63, 3.8) is 0 Å². The Labute approximate surface area is 126 Å². The van der Waals surface area contributed by atoms with Crippen LogP contribution in [0.25, 0.3) is 0 Å². The summed E-state index contributed by atoms with van der Waals surface area (Å²) in [7, 11) is 0. The van der Waals surface area contributed by atoms with Gasteiger partial charge in [-0.2, -0.15) is 0 Å². The minimum atomic E-state index is -0.665. The Hall–Kier alpha value is -1.39. The van der Waals surface area contributed by atoms with E-state index < -0.39 is 5.97 Å². The largest absolute Gasteiger partial charge is 0.481 e. The second-order valence-electron chi connectivity index (χ2n) is 6.15. The van der Waals surface area contributed by atoms with E-state index in [-0.39, 0.29) is 11.8 Å². The molecule has 1 saturated heterocycles. The van der Waals surface area contributed by atoms with E-state index in [2.05, 4.69) is 18.7 Å². The van der Waals surface area contributed by atoms with Gasteiger partial charge in [0.25, 0.3) is 0 Å². The van der Waals surface area contributed by atoms with Gasteiger partial charge in [0.1, 0.15) is 0 Å². The third kappa shape index (κ3) is 4.55. The fourth-order valence-electron chi connectivity index (χ4n) is 2.99. The summed E-state index contributed by atoms with van der Waals surface area (Å²) in [5, 5.41) is 9.31. The summed E-state index contributed by atoms with van der Waals surface area (Å²) in [4.78, 5) is 13.5. The van der Waals surface area contributed by atoms with E-state index in [9.17, 15) is 9.90 Å². The summed E-state index contributed by atoms with van der Waals surface area (Å²) < 4.78 is 5.68. The number of hydrogen-bond acceptors (Lipinski definition) is 3. The van der Waals surface area contributed by atoms with E-state index in [1.165, 1.54) is 5.56 Å². The number of benzene rings is 1. The van der Waals surface area contributed by atoms with Gasteiger partial charge >= 0.3 is 5.97 Å². The second kappa shape index (κ2) is 7.57. The van der Waals surface area contributed by atoms with Gasteiger partial charge in [0.05, 0.1) is 19.1 Å². The molecule has 2 atom stereocenters. The Balaban J connectivity index is 1.73. The van der Waals surface area contributed by atoms with E-state index >= 15 is 0 Å². The lowest BCUT2D eigenvalue weighted by Crippen LogP contribution is -2.26. The SMILES string of the molecule is CC(C)[C@@H]1CN(CCOCc2ccccc2)C[C@H]1C(=O)O. The van der Waals surface area contributed by atoms with Crippen LogP contribution in [0.1, 0.15) is 19.4 Å². The van der Waals surface area contributed by atoms with E-state index in [4.69, 9.17) is 4.74 Å². The van der Waals surface area contributed by atoms with Gasteiger partial charge in [-0.25, -0.2) is 0 Å². The molecule has 0 unspecified atom stereocenters. The average molecular weight is 291 g/mol. The highest BCUT2D eigenvalue weighted by molar-refractivity contribution is 5.71. The first-order valence-electron chi connectivity index (χ1n) is 7.64. The quantitative estimate of drug-likeness (QED) is 0.784. The Morgan fingerprint density at radius 3 is 2.62 bits per heavy atom. The van der Waals surface area contributed by atoms with Gasteiger partial charge < -0.3 is 9.84 Å². The topological polar surface area (TPSA) is 49.8 Å². The molecule has 0 amide bonds. The Kier molecular flexibility index (Phi) is 5.76. The van der Waals surface area contributed by atoms with Crippen LogP contribution in [0.4, 0.5) is 0 Å². The van der Waals surface area contributed by atoms with Crippen LogP contribution in [0.2, 0.25) is 0 Å². The molecule has 21 heavy (non-hydrogen) atoms. The Morgan fingerprint density at radius 2 is 2.05 bits per heavy atom. The maximum absolute atomic E-state index is 11.3. The molecule has 0 aromatic heterocycles. The molecule has 4 nitrogen and oxygen atoms in total. The van der Waals surface area contributed by atoms with Crippen LogP contribution in [0, 0.1) is 17.8 Å². The lowest BCUT2D eigenvalue weighted by Gasteiger charge is -2.18. The number of hydrogen-bond donors (Lipinski definition) is 1.